The molecular formula is C12H14N2. The number of nitriles is 1. The maximum atomic E-state index is 9.08. The van der Waals surface area contributed by atoms with E-state index in [1.165, 1.54) is 5.56 Å². The van der Waals surface area contributed by atoms with Crippen molar-refractivity contribution in [3.05, 3.63) is 35.9 Å². The summed E-state index contributed by atoms with van der Waals surface area (Å²) < 4.78 is 0. The van der Waals surface area contributed by atoms with Gasteiger partial charge in [0, 0.05) is 5.92 Å². The van der Waals surface area contributed by atoms with Crippen LogP contribution in [0.4, 0.5) is 0 Å². The van der Waals surface area contributed by atoms with Crippen LogP contribution in [0.2, 0.25) is 0 Å². The molecule has 0 bridgehead atoms. The predicted molar refractivity (Wildman–Crippen MR) is 55.6 cm³/mol. The van der Waals surface area contributed by atoms with Gasteiger partial charge >= 0.3 is 0 Å². The first-order chi connectivity index (χ1) is 6.76. The van der Waals surface area contributed by atoms with E-state index in [4.69, 9.17) is 11.0 Å². The van der Waals surface area contributed by atoms with E-state index in [1.54, 1.807) is 0 Å². The largest absolute Gasteiger partial charge is 0.313 e. The fourth-order valence-electron chi connectivity index (χ4n) is 2.31. The maximum absolute atomic E-state index is 9.08. The molecule has 1 aromatic carbocycles. The topological polar surface area (TPSA) is 49.8 Å². The highest BCUT2D eigenvalue weighted by molar-refractivity contribution is 5.30. The lowest BCUT2D eigenvalue weighted by Crippen LogP contribution is -2.40. The molecule has 1 aromatic rings. The van der Waals surface area contributed by atoms with E-state index in [0.717, 1.165) is 19.3 Å². The van der Waals surface area contributed by atoms with Gasteiger partial charge in [-0.15, -0.1) is 0 Å². The van der Waals surface area contributed by atoms with Crippen molar-refractivity contribution in [2.45, 2.75) is 30.7 Å². The summed E-state index contributed by atoms with van der Waals surface area (Å²) in [6.45, 7) is 0. The lowest BCUT2D eigenvalue weighted by atomic mass is 9.84. The first-order valence-corrected chi connectivity index (χ1v) is 5.01. The average molecular weight is 186 g/mol. The smallest absolute Gasteiger partial charge is 0.111 e. The van der Waals surface area contributed by atoms with Crippen molar-refractivity contribution in [1.29, 1.82) is 5.26 Å². The van der Waals surface area contributed by atoms with Gasteiger partial charge in [-0.3, -0.25) is 0 Å². The molecule has 0 aromatic heterocycles. The van der Waals surface area contributed by atoms with Gasteiger partial charge in [0.2, 0.25) is 0 Å². The molecule has 2 N–H and O–H groups in total. The summed E-state index contributed by atoms with van der Waals surface area (Å²) in [6.07, 6.45) is 2.92. The summed E-state index contributed by atoms with van der Waals surface area (Å²) in [5.74, 6) is 0.216. The van der Waals surface area contributed by atoms with Crippen molar-refractivity contribution in [2.24, 2.45) is 5.73 Å². The Labute approximate surface area is 84.3 Å². The molecule has 2 atom stereocenters. The van der Waals surface area contributed by atoms with Crippen LogP contribution in [0.3, 0.4) is 0 Å². The summed E-state index contributed by atoms with van der Waals surface area (Å²) in [6, 6.07) is 12.4. The van der Waals surface area contributed by atoms with Crippen LogP contribution in [-0.4, -0.2) is 5.54 Å². The minimum atomic E-state index is -0.638. The standard InChI is InChI=1S/C12H14N2/c13-9-12(14)8-4-7-11(12)10-5-2-1-3-6-10/h1-3,5-6,11H,4,7-8,14H2/t11-,12-/m1/s1. The van der Waals surface area contributed by atoms with Gasteiger partial charge in [0.1, 0.15) is 5.54 Å². The minimum absolute atomic E-state index is 0.216. The quantitative estimate of drug-likeness (QED) is 0.730. The van der Waals surface area contributed by atoms with E-state index < -0.39 is 5.54 Å². The molecule has 1 aliphatic carbocycles. The second-order valence-corrected chi connectivity index (χ2v) is 4.01. The number of hydrogen-bond donors (Lipinski definition) is 1. The summed E-state index contributed by atoms with van der Waals surface area (Å²) in [5.41, 5.74) is 6.64. The molecule has 14 heavy (non-hydrogen) atoms. The van der Waals surface area contributed by atoms with Gasteiger partial charge in [0.05, 0.1) is 6.07 Å². The molecule has 0 spiro atoms. The van der Waals surface area contributed by atoms with Crippen molar-refractivity contribution in [2.75, 3.05) is 0 Å². The third-order valence-corrected chi connectivity index (χ3v) is 3.12. The number of nitrogens with two attached hydrogens (primary N) is 1. The third kappa shape index (κ3) is 1.40. The summed E-state index contributed by atoms with van der Waals surface area (Å²) in [4.78, 5) is 0. The van der Waals surface area contributed by atoms with Gasteiger partial charge in [-0.25, -0.2) is 0 Å². The maximum Gasteiger partial charge on any atom is 0.111 e. The van der Waals surface area contributed by atoms with Crippen LogP contribution in [0.15, 0.2) is 30.3 Å². The monoisotopic (exact) mass is 186 g/mol. The highest BCUT2D eigenvalue weighted by Crippen LogP contribution is 2.40. The Hall–Kier alpha value is -1.33. The zero-order chi connectivity index (χ0) is 10.0. The van der Waals surface area contributed by atoms with Crippen LogP contribution < -0.4 is 5.73 Å². The summed E-state index contributed by atoms with van der Waals surface area (Å²) in [7, 11) is 0. The summed E-state index contributed by atoms with van der Waals surface area (Å²) in [5, 5.41) is 9.08. The molecule has 72 valence electrons. The van der Waals surface area contributed by atoms with Crippen molar-refractivity contribution < 1.29 is 0 Å². The number of benzene rings is 1. The van der Waals surface area contributed by atoms with E-state index in [9.17, 15) is 0 Å². The molecule has 0 unspecified atom stereocenters. The van der Waals surface area contributed by atoms with Gasteiger partial charge < -0.3 is 5.73 Å². The van der Waals surface area contributed by atoms with Crippen LogP contribution in [0, 0.1) is 11.3 Å². The number of nitrogens with zero attached hydrogens (tertiary/aromatic N) is 1. The lowest BCUT2D eigenvalue weighted by molar-refractivity contribution is 0.497. The zero-order valence-corrected chi connectivity index (χ0v) is 8.11. The highest BCUT2D eigenvalue weighted by Gasteiger charge is 2.40. The van der Waals surface area contributed by atoms with Gasteiger partial charge in [-0.1, -0.05) is 30.3 Å². The molecule has 1 aliphatic rings. The van der Waals surface area contributed by atoms with E-state index in [0.29, 0.717) is 0 Å². The second-order valence-electron chi connectivity index (χ2n) is 4.01. The predicted octanol–water partition coefficient (Wildman–Crippen LogP) is 2.18. The molecule has 1 fully saturated rings. The third-order valence-electron chi connectivity index (χ3n) is 3.12. The van der Waals surface area contributed by atoms with Crippen molar-refractivity contribution in [1.82, 2.24) is 0 Å². The Kier molecular flexibility index (Phi) is 2.26. The molecule has 0 saturated heterocycles. The normalized spacial score (nSPS) is 31.3. The molecule has 0 heterocycles. The number of hydrogen-bond acceptors (Lipinski definition) is 2. The van der Waals surface area contributed by atoms with Gasteiger partial charge in [0.25, 0.3) is 0 Å². The Morgan fingerprint density at radius 3 is 2.71 bits per heavy atom. The van der Waals surface area contributed by atoms with Gasteiger partial charge in [-0.05, 0) is 24.8 Å². The van der Waals surface area contributed by atoms with Crippen LogP contribution >= 0.6 is 0 Å². The first-order valence-electron chi connectivity index (χ1n) is 5.01. The van der Waals surface area contributed by atoms with E-state index in [2.05, 4.69) is 18.2 Å². The molecule has 0 amide bonds. The molecule has 2 heteroatoms. The Balaban J connectivity index is 2.32. The van der Waals surface area contributed by atoms with E-state index in [-0.39, 0.29) is 5.92 Å². The van der Waals surface area contributed by atoms with E-state index in [1.807, 2.05) is 18.2 Å². The Morgan fingerprint density at radius 1 is 1.36 bits per heavy atom. The van der Waals surface area contributed by atoms with Crippen LogP contribution in [-0.2, 0) is 0 Å². The van der Waals surface area contributed by atoms with Crippen molar-refractivity contribution in [3.63, 3.8) is 0 Å². The van der Waals surface area contributed by atoms with Crippen molar-refractivity contribution >= 4 is 0 Å². The molecule has 0 radical (unpaired) electrons. The van der Waals surface area contributed by atoms with E-state index >= 15 is 0 Å². The van der Waals surface area contributed by atoms with Crippen LogP contribution in [0.5, 0.6) is 0 Å². The average Bonchev–Trinajstić information content (AvgIpc) is 2.63. The van der Waals surface area contributed by atoms with Crippen LogP contribution in [0.1, 0.15) is 30.7 Å². The Morgan fingerprint density at radius 2 is 2.07 bits per heavy atom. The second kappa shape index (κ2) is 3.43. The van der Waals surface area contributed by atoms with Crippen molar-refractivity contribution in [3.8, 4) is 6.07 Å². The Bertz CT molecular complexity index is 352. The first kappa shape index (κ1) is 9.23. The molecular weight excluding hydrogens is 172 g/mol. The molecule has 2 rings (SSSR count). The molecule has 2 nitrogen and oxygen atoms in total. The minimum Gasteiger partial charge on any atom is -0.313 e. The van der Waals surface area contributed by atoms with Crippen LogP contribution in [0.25, 0.3) is 0 Å². The fourth-order valence-corrected chi connectivity index (χ4v) is 2.31. The lowest BCUT2D eigenvalue weighted by Gasteiger charge is -2.23. The fraction of sp³-hybridized carbons (Fsp3) is 0.417. The molecule has 1 saturated carbocycles. The summed E-state index contributed by atoms with van der Waals surface area (Å²) >= 11 is 0. The SMILES string of the molecule is N#C[C@]1(N)CCC[C@@H]1c1ccccc1. The van der Waals surface area contributed by atoms with Gasteiger partial charge in [-0.2, -0.15) is 5.26 Å². The highest BCUT2D eigenvalue weighted by atomic mass is 14.8. The van der Waals surface area contributed by atoms with Gasteiger partial charge in [0.15, 0.2) is 0 Å². The number of rotatable bonds is 1. The molecule has 0 aliphatic heterocycles. The zero-order valence-electron chi connectivity index (χ0n) is 8.11.